The van der Waals surface area contributed by atoms with Crippen molar-refractivity contribution in [2.24, 2.45) is 0 Å². The number of nitro groups is 1. The van der Waals surface area contributed by atoms with Crippen LogP contribution in [0.1, 0.15) is 11.1 Å². The predicted molar refractivity (Wildman–Crippen MR) is 118 cm³/mol. The van der Waals surface area contributed by atoms with Gasteiger partial charge in [-0.05, 0) is 24.6 Å². The topological polar surface area (TPSA) is 114 Å². The first kappa shape index (κ1) is 21.2. The van der Waals surface area contributed by atoms with E-state index in [2.05, 4.69) is 4.98 Å². The Kier molecular flexibility index (Phi) is 5.69. The molecule has 0 N–H and O–H groups in total. The second-order valence-electron chi connectivity index (χ2n) is 7.37. The van der Waals surface area contributed by atoms with E-state index in [0.717, 1.165) is 10.1 Å². The lowest BCUT2D eigenvalue weighted by molar-refractivity contribution is -0.384. The highest BCUT2D eigenvalue weighted by atomic mass is 16.6. The molecule has 0 radical (unpaired) electrons. The van der Waals surface area contributed by atoms with Crippen LogP contribution in [0.4, 0.5) is 5.69 Å². The molecular formula is C22H21N5O5. The maximum atomic E-state index is 13.3. The molecule has 10 nitrogen and oxygen atoms in total. The smallest absolute Gasteiger partial charge is 0.337 e. The van der Waals surface area contributed by atoms with Gasteiger partial charge in [-0.3, -0.25) is 19.5 Å². The van der Waals surface area contributed by atoms with E-state index in [-0.39, 0.29) is 36.5 Å². The van der Waals surface area contributed by atoms with Gasteiger partial charge in [-0.25, -0.2) is 14.3 Å². The SMILES string of the molecule is COCCn1c(=O)c2c(ncn2Cc2cccc([N+](=O)[O-])c2)n(-c2ccc(C)cc2)c1=O. The molecule has 164 valence electrons. The number of aromatic nitrogens is 4. The number of nitro benzene ring substituents is 1. The van der Waals surface area contributed by atoms with Gasteiger partial charge in [0, 0.05) is 25.8 Å². The summed E-state index contributed by atoms with van der Waals surface area (Å²) in [6.07, 6.45) is 1.47. The van der Waals surface area contributed by atoms with Gasteiger partial charge in [0.1, 0.15) is 0 Å². The van der Waals surface area contributed by atoms with Crippen LogP contribution in [0, 0.1) is 17.0 Å². The molecule has 2 aromatic heterocycles. The lowest BCUT2D eigenvalue weighted by Crippen LogP contribution is -2.41. The number of non-ortho nitro benzene ring substituents is 1. The summed E-state index contributed by atoms with van der Waals surface area (Å²) in [5, 5.41) is 11.1. The molecule has 0 amide bonds. The van der Waals surface area contributed by atoms with Gasteiger partial charge in [-0.2, -0.15) is 0 Å². The summed E-state index contributed by atoms with van der Waals surface area (Å²) >= 11 is 0. The summed E-state index contributed by atoms with van der Waals surface area (Å²) in [5.41, 5.74) is 1.66. The lowest BCUT2D eigenvalue weighted by atomic mass is 10.2. The Morgan fingerprint density at radius 3 is 2.56 bits per heavy atom. The van der Waals surface area contributed by atoms with Crippen LogP contribution in [-0.4, -0.2) is 37.3 Å². The first-order valence-corrected chi connectivity index (χ1v) is 9.90. The minimum absolute atomic E-state index is 0.0407. The van der Waals surface area contributed by atoms with Crippen LogP contribution in [0.15, 0.2) is 64.4 Å². The highest BCUT2D eigenvalue weighted by molar-refractivity contribution is 5.72. The molecule has 0 saturated heterocycles. The van der Waals surface area contributed by atoms with Gasteiger partial charge in [0.05, 0.1) is 30.1 Å². The Labute approximate surface area is 182 Å². The fraction of sp³-hybridized carbons (Fsp3) is 0.227. The average molecular weight is 435 g/mol. The third-order valence-electron chi connectivity index (χ3n) is 5.19. The van der Waals surface area contributed by atoms with Crippen LogP contribution in [0.2, 0.25) is 0 Å². The molecular weight excluding hydrogens is 414 g/mol. The van der Waals surface area contributed by atoms with E-state index in [1.165, 1.54) is 30.1 Å². The molecule has 0 atom stereocenters. The molecule has 0 fully saturated rings. The second kappa shape index (κ2) is 8.60. The minimum atomic E-state index is -0.510. The van der Waals surface area contributed by atoms with E-state index in [0.29, 0.717) is 11.3 Å². The third-order valence-corrected chi connectivity index (χ3v) is 5.19. The number of nitrogens with zero attached hydrogens (tertiary/aromatic N) is 5. The summed E-state index contributed by atoms with van der Waals surface area (Å²) < 4.78 is 9.20. The summed E-state index contributed by atoms with van der Waals surface area (Å²) in [6.45, 7) is 2.39. The van der Waals surface area contributed by atoms with Crippen molar-refractivity contribution in [2.75, 3.05) is 13.7 Å². The summed E-state index contributed by atoms with van der Waals surface area (Å²) in [5.74, 6) is 0. The van der Waals surface area contributed by atoms with Gasteiger partial charge in [0.15, 0.2) is 11.2 Å². The zero-order valence-electron chi connectivity index (χ0n) is 17.6. The number of hydrogen-bond donors (Lipinski definition) is 0. The maximum Gasteiger partial charge on any atom is 0.337 e. The van der Waals surface area contributed by atoms with Crippen molar-refractivity contribution in [1.29, 1.82) is 0 Å². The number of hydrogen-bond acceptors (Lipinski definition) is 6. The Hall–Kier alpha value is -4.05. The molecule has 2 heterocycles. The molecule has 0 unspecified atom stereocenters. The predicted octanol–water partition coefficient (Wildman–Crippen LogP) is 2.26. The Morgan fingerprint density at radius 2 is 1.88 bits per heavy atom. The van der Waals surface area contributed by atoms with Crippen LogP contribution in [-0.2, 0) is 17.8 Å². The van der Waals surface area contributed by atoms with Crippen LogP contribution in [0.5, 0.6) is 0 Å². The molecule has 2 aromatic carbocycles. The average Bonchev–Trinajstić information content (AvgIpc) is 3.18. The van der Waals surface area contributed by atoms with E-state index < -0.39 is 16.2 Å². The molecule has 0 saturated carbocycles. The molecule has 10 heteroatoms. The van der Waals surface area contributed by atoms with Gasteiger partial charge in [-0.15, -0.1) is 0 Å². The summed E-state index contributed by atoms with van der Waals surface area (Å²) in [4.78, 5) is 41.5. The molecule has 0 aliphatic carbocycles. The number of aryl methyl sites for hydroxylation is 1. The normalized spacial score (nSPS) is 11.2. The lowest BCUT2D eigenvalue weighted by Gasteiger charge is -2.13. The number of methoxy groups -OCH3 is 1. The van der Waals surface area contributed by atoms with Gasteiger partial charge in [0.2, 0.25) is 0 Å². The molecule has 4 aromatic rings. The number of benzene rings is 2. The standard InChI is InChI=1S/C22H21N5O5/c1-15-6-8-17(9-7-15)26-20-19(21(28)25(22(26)29)10-11-32-2)24(14-23-20)13-16-4-3-5-18(12-16)27(30)31/h3-9,12,14H,10-11,13H2,1-2H3. The van der Waals surface area contributed by atoms with Gasteiger partial charge >= 0.3 is 5.69 Å². The van der Waals surface area contributed by atoms with Crippen LogP contribution < -0.4 is 11.2 Å². The summed E-state index contributed by atoms with van der Waals surface area (Å²) in [7, 11) is 1.49. The number of fused-ring (bicyclic) bond motifs is 1. The minimum Gasteiger partial charge on any atom is -0.383 e. The Morgan fingerprint density at radius 1 is 1.12 bits per heavy atom. The molecule has 4 rings (SSSR count). The second-order valence-corrected chi connectivity index (χ2v) is 7.37. The quantitative estimate of drug-likeness (QED) is 0.325. The van der Waals surface area contributed by atoms with E-state index in [4.69, 9.17) is 4.74 Å². The van der Waals surface area contributed by atoms with Crippen molar-refractivity contribution in [3.8, 4) is 5.69 Å². The van der Waals surface area contributed by atoms with Crippen molar-refractivity contribution < 1.29 is 9.66 Å². The van der Waals surface area contributed by atoms with Gasteiger partial charge < -0.3 is 9.30 Å². The fourth-order valence-electron chi connectivity index (χ4n) is 3.57. The Balaban J connectivity index is 1.93. The van der Waals surface area contributed by atoms with Gasteiger partial charge in [0.25, 0.3) is 11.2 Å². The van der Waals surface area contributed by atoms with Gasteiger partial charge in [-0.1, -0.05) is 29.8 Å². The van der Waals surface area contributed by atoms with Crippen LogP contribution in [0.25, 0.3) is 16.9 Å². The molecule has 0 bridgehead atoms. The van der Waals surface area contributed by atoms with Crippen molar-refractivity contribution in [2.45, 2.75) is 20.0 Å². The molecule has 0 aliphatic heterocycles. The molecule has 32 heavy (non-hydrogen) atoms. The van der Waals surface area contributed by atoms with E-state index in [1.807, 2.05) is 19.1 Å². The van der Waals surface area contributed by atoms with Crippen LogP contribution >= 0.6 is 0 Å². The number of rotatable bonds is 7. The van der Waals surface area contributed by atoms with E-state index >= 15 is 0 Å². The van der Waals surface area contributed by atoms with Crippen molar-refractivity contribution in [3.05, 3.63) is 96.9 Å². The first-order chi connectivity index (χ1) is 15.4. The zero-order chi connectivity index (χ0) is 22.8. The zero-order valence-corrected chi connectivity index (χ0v) is 17.6. The third kappa shape index (κ3) is 3.83. The largest absolute Gasteiger partial charge is 0.383 e. The molecule has 0 spiro atoms. The van der Waals surface area contributed by atoms with Crippen molar-refractivity contribution in [3.63, 3.8) is 0 Å². The highest BCUT2D eigenvalue weighted by Crippen LogP contribution is 2.18. The fourth-order valence-corrected chi connectivity index (χ4v) is 3.57. The Bertz CT molecular complexity index is 1420. The number of imidazole rings is 1. The van der Waals surface area contributed by atoms with E-state index in [9.17, 15) is 19.7 Å². The van der Waals surface area contributed by atoms with Crippen molar-refractivity contribution >= 4 is 16.9 Å². The highest BCUT2D eigenvalue weighted by Gasteiger charge is 2.19. The number of ether oxygens (including phenoxy) is 1. The molecule has 0 aliphatic rings. The first-order valence-electron chi connectivity index (χ1n) is 9.90. The monoisotopic (exact) mass is 435 g/mol. The summed E-state index contributed by atoms with van der Waals surface area (Å²) in [6, 6.07) is 13.5. The maximum absolute atomic E-state index is 13.3. The van der Waals surface area contributed by atoms with Crippen molar-refractivity contribution in [1.82, 2.24) is 18.7 Å². The van der Waals surface area contributed by atoms with E-state index in [1.54, 1.807) is 28.8 Å². The van der Waals surface area contributed by atoms with Crippen LogP contribution in [0.3, 0.4) is 0 Å².